The molecule has 1 aliphatic carbocycles. The lowest BCUT2D eigenvalue weighted by molar-refractivity contribution is 0.0323. The van der Waals surface area contributed by atoms with Crippen molar-refractivity contribution in [2.75, 3.05) is 0 Å². The van der Waals surface area contributed by atoms with Crippen LogP contribution in [0.2, 0.25) is 0 Å². The first-order valence-electron chi connectivity index (χ1n) is 8.17. The maximum Gasteiger partial charge on any atom is 0.349 e. The molecule has 0 saturated heterocycles. The Morgan fingerprint density at radius 1 is 1.24 bits per heavy atom. The number of hydrogen-bond acceptors (Lipinski definition) is 4. The summed E-state index contributed by atoms with van der Waals surface area (Å²) in [5.41, 5.74) is 1.15. The van der Waals surface area contributed by atoms with Crippen molar-refractivity contribution in [3.8, 4) is 0 Å². The normalized spacial score (nSPS) is 17.7. The van der Waals surface area contributed by atoms with Crippen LogP contribution in [0.4, 0.5) is 8.78 Å². The molecule has 1 heterocycles. The zero-order valence-corrected chi connectivity index (χ0v) is 14.8. The Kier molecular flexibility index (Phi) is 4.99. The van der Waals surface area contributed by atoms with Gasteiger partial charge < -0.3 is 4.74 Å². The van der Waals surface area contributed by atoms with E-state index in [1.165, 1.54) is 34.8 Å². The second kappa shape index (κ2) is 7.04. The van der Waals surface area contributed by atoms with E-state index in [2.05, 4.69) is 6.92 Å². The molecule has 0 aliphatic heterocycles. The highest BCUT2D eigenvalue weighted by Crippen LogP contribution is 2.32. The van der Waals surface area contributed by atoms with Gasteiger partial charge in [0.25, 0.3) is 0 Å². The third kappa shape index (κ3) is 3.79. The Balaban J connectivity index is 1.70. The first-order valence-corrected chi connectivity index (χ1v) is 8.98. The summed E-state index contributed by atoms with van der Waals surface area (Å²) in [6.45, 7) is 3.61. The molecule has 1 aliphatic rings. The first-order chi connectivity index (χ1) is 11.8. The zero-order valence-electron chi connectivity index (χ0n) is 14.0. The lowest BCUT2D eigenvalue weighted by Crippen LogP contribution is -2.24. The van der Waals surface area contributed by atoms with Crippen molar-refractivity contribution < 1.29 is 23.1 Å². The highest BCUT2D eigenvalue weighted by atomic mass is 32.1. The molecular weight excluding hydrogens is 346 g/mol. The third-order valence-corrected chi connectivity index (χ3v) is 5.60. The van der Waals surface area contributed by atoms with Crippen LogP contribution in [-0.4, -0.2) is 17.9 Å². The summed E-state index contributed by atoms with van der Waals surface area (Å²) in [4.78, 5) is 26.2. The summed E-state index contributed by atoms with van der Waals surface area (Å²) in [5.74, 6) is -2.67. The third-order valence-electron chi connectivity index (χ3n) is 4.39. The molecule has 1 aromatic heterocycles. The fourth-order valence-corrected chi connectivity index (χ4v) is 4.05. The summed E-state index contributed by atoms with van der Waals surface area (Å²) in [5, 5.41) is 0. The van der Waals surface area contributed by atoms with Crippen molar-refractivity contribution in [3.05, 3.63) is 56.8 Å². The molecule has 0 bridgehead atoms. The Labute approximate surface area is 148 Å². The number of aryl methyl sites for hydroxylation is 1. The number of hydrogen-bond donors (Lipinski definition) is 0. The molecule has 3 nitrogen and oxygen atoms in total. The minimum absolute atomic E-state index is 0.0292. The summed E-state index contributed by atoms with van der Waals surface area (Å²) < 4.78 is 31.5. The summed E-state index contributed by atoms with van der Waals surface area (Å²) in [7, 11) is 0. The lowest BCUT2D eigenvalue weighted by atomic mass is 9.90. The Hall–Kier alpha value is -2.08. The molecule has 0 unspecified atom stereocenters. The molecule has 0 amide bonds. The van der Waals surface area contributed by atoms with Crippen LogP contribution in [-0.2, 0) is 17.6 Å². The maximum atomic E-state index is 13.3. The summed E-state index contributed by atoms with van der Waals surface area (Å²) in [6.07, 6.45) is 1.93. The van der Waals surface area contributed by atoms with Crippen molar-refractivity contribution >= 4 is 23.1 Å². The van der Waals surface area contributed by atoms with Crippen LogP contribution in [0.3, 0.4) is 0 Å². The Bertz CT molecular complexity index is 828. The molecular formula is C19H18F2O3S. The zero-order chi connectivity index (χ0) is 18.1. The molecule has 0 fully saturated rings. The Morgan fingerprint density at radius 2 is 2.00 bits per heavy atom. The molecule has 132 valence electrons. The average Bonchev–Trinajstić information content (AvgIpc) is 2.99. The van der Waals surface area contributed by atoms with Crippen molar-refractivity contribution in [1.82, 2.24) is 0 Å². The monoisotopic (exact) mass is 364 g/mol. The number of carbonyl (C=O) groups excluding carboxylic acids is 2. The number of thiophene rings is 1. The van der Waals surface area contributed by atoms with Crippen LogP contribution < -0.4 is 0 Å². The largest absolute Gasteiger partial charge is 0.450 e. The number of Topliss-reactive ketones (excluding diaryl/α,β-unsaturated/α-hetero) is 1. The SMILES string of the molecule is C[C@H]1CCc2sc(C(=O)O[C@@H](C)C(=O)c3ccc(F)c(F)c3)cc2C1. The van der Waals surface area contributed by atoms with E-state index in [-0.39, 0.29) is 5.56 Å². The van der Waals surface area contributed by atoms with Gasteiger partial charge in [0.15, 0.2) is 17.7 Å². The first kappa shape index (κ1) is 17.7. The van der Waals surface area contributed by atoms with E-state index >= 15 is 0 Å². The predicted octanol–water partition coefficient (Wildman–Crippen LogP) is 4.58. The van der Waals surface area contributed by atoms with E-state index in [0.29, 0.717) is 10.8 Å². The van der Waals surface area contributed by atoms with Gasteiger partial charge in [-0.05, 0) is 61.9 Å². The van der Waals surface area contributed by atoms with Crippen LogP contribution >= 0.6 is 11.3 Å². The number of fused-ring (bicyclic) bond motifs is 1. The predicted molar refractivity (Wildman–Crippen MR) is 91.1 cm³/mol. The van der Waals surface area contributed by atoms with E-state index in [9.17, 15) is 18.4 Å². The number of carbonyl (C=O) groups is 2. The topological polar surface area (TPSA) is 43.4 Å². The molecule has 6 heteroatoms. The highest BCUT2D eigenvalue weighted by molar-refractivity contribution is 7.14. The van der Waals surface area contributed by atoms with Gasteiger partial charge in [0.2, 0.25) is 5.78 Å². The van der Waals surface area contributed by atoms with Gasteiger partial charge in [-0.2, -0.15) is 0 Å². The fraction of sp³-hybridized carbons (Fsp3) is 0.368. The molecule has 0 saturated carbocycles. The van der Waals surface area contributed by atoms with Crippen LogP contribution in [0, 0.1) is 17.6 Å². The van der Waals surface area contributed by atoms with Crippen LogP contribution in [0.5, 0.6) is 0 Å². The minimum Gasteiger partial charge on any atom is -0.450 e. The number of rotatable bonds is 4. The van der Waals surface area contributed by atoms with Gasteiger partial charge in [-0.25, -0.2) is 13.6 Å². The maximum absolute atomic E-state index is 13.3. The molecule has 1 aromatic carbocycles. The second-order valence-corrected chi connectivity index (χ2v) is 7.58. The molecule has 2 atom stereocenters. The summed E-state index contributed by atoms with van der Waals surface area (Å²) in [6, 6.07) is 4.71. The van der Waals surface area contributed by atoms with Gasteiger partial charge in [0.05, 0.1) is 0 Å². The smallest absolute Gasteiger partial charge is 0.349 e. The van der Waals surface area contributed by atoms with Gasteiger partial charge >= 0.3 is 5.97 Å². The van der Waals surface area contributed by atoms with E-state index in [4.69, 9.17) is 4.74 Å². The van der Waals surface area contributed by atoms with Gasteiger partial charge in [0, 0.05) is 10.4 Å². The molecule has 0 radical (unpaired) electrons. The number of halogens is 2. The van der Waals surface area contributed by atoms with Crippen LogP contribution in [0.1, 0.15) is 50.7 Å². The molecule has 25 heavy (non-hydrogen) atoms. The average molecular weight is 364 g/mol. The van der Waals surface area contributed by atoms with Crippen LogP contribution in [0.25, 0.3) is 0 Å². The minimum atomic E-state index is -1.11. The number of ketones is 1. The van der Waals surface area contributed by atoms with E-state index < -0.39 is 29.5 Å². The Morgan fingerprint density at radius 3 is 2.72 bits per heavy atom. The standard InChI is InChI=1S/C19H18F2O3S/c1-10-3-6-16-13(7-10)9-17(25-16)19(23)24-11(2)18(22)12-4-5-14(20)15(21)8-12/h4-5,8-11H,3,6-7H2,1-2H3/t10-,11-/m0/s1. The molecule has 2 aromatic rings. The van der Waals surface area contributed by atoms with Gasteiger partial charge in [-0.1, -0.05) is 6.92 Å². The van der Waals surface area contributed by atoms with E-state index in [0.717, 1.165) is 31.4 Å². The van der Waals surface area contributed by atoms with E-state index in [1.807, 2.05) is 6.07 Å². The van der Waals surface area contributed by atoms with E-state index in [1.54, 1.807) is 0 Å². The summed E-state index contributed by atoms with van der Waals surface area (Å²) >= 11 is 1.40. The molecule has 3 rings (SSSR count). The van der Waals surface area contributed by atoms with Crippen molar-refractivity contribution in [2.24, 2.45) is 5.92 Å². The van der Waals surface area contributed by atoms with Crippen LogP contribution in [0.15, 0.2) is 24.3 Å². The fourth-order valence-electron chi connectivity index (χ4n) is 2.96. The van der Waals surface area contributed by atoms with Crippen molar-refractivity contribution in [1.29, 1.82) is 0 Å². The second-order valence-electron chi connectivity index (χ2n) is 6.45. The van der Waals surface area contributed by atoms with Crippen molar-refractivity contribution in [3.63, 3.8) is 0 Å². The lowest BCUT2D eigenvalue weighted by Gasteiger charge is -2.16. The number of ether oxygens (including phenoxy) is 1. The van der Waals surface area contributed by atoms with Gasteiger partial charge in [-0.15, -0.1) is 11.3 Å². The quantitative estimate of drug-likeness (QED) is 0.589. The van der Waals surface area contributed by atoms with Crippen molar-refractivity contribution in [2.45, 2.75) is 39.2 Å². The highest BCUT2D eigenvalue weighted by Gasteiger charge is 2.25. The molecule has 0 N–H and O–H groups in total. The van der Waals surface area contributed by atoms with Gasteiger partial charge in [0.1, 0.15) is 4.88 Å². The molecule has 0 spiro atoms. The van der Waals surface area contributed by atoms with Gasteiger partial charge in [-0.3, -0.25) is 4.79 Å². The number of esters is 1. The number of benzene rings is 1.